The quantitative estimate of drug-likeness (QED) is 0.325. The molecule has 0 bridgehead atoms. The molecule has 0 radical (unpaired) electrons. The van der Waals surface area contributed by atoms with Gasteiger partial charge in [0.2, 0.25) is 0 Å². The first kappa shape index (κ1) is 25.9. The number of nitrogen functional groups attached to an aromatic ring is 1. The molecule has 0 fully saturated rings. The van der Waals surface area contributed by atoms with E-state index in [4.69, 9.17) is 10.3 Å². The molecule has 0 aliphatic heterocycles. The van der Waals surface area contributed by atoms with Crippen molar-refractivity contribution >= 4 is 21.6 Å². The molecule has 5 aromatic rings. The summed E-state index contributed by atoms with van der Waals surface area (Å²) in [7, 11) is -2.75. The van der Waals surface area contributed by atoms with Gasteiger partial charge in [-0.2, -0.15) is 26.7 Å². The summed E-state index contributed by atoms with van der Waals surface area (Å²) in [6, 6.07) is 17.4. The van der Waals surface area contributed by atoms with Gasteiger partial charge in [-0.25, -0.2) is 9.50 Å². The molecule has 2 aromatic carbocycles. The summed E-state index contributed by atoms with van der Waals surface area (Å²) < 4.78 is 70.7. The zero-order chi connectivity index (χ0) is 27.0. The molecule has 0 aliphatic rings. The van der Waals surface area contributed by atoms with Crippen LogP contribution in [0.25, 0.3) is 28.2 Å². The summed E-state index contributed by atoms with van der Waals surface area (Å²) in [6.45, 7) is 1.84. The highest BCUT2D eigenvalue weighted by atomic mass is 32.2. The highest BCUT2D eigenvalue weighted by molar-refractivity contribution is 7.85. The molecule has 0 spiro atoms. The topological polar surface area (TPSA) is 128 Å². The number of imidazole rings is 1. The summed E-state index contributed by atoms with van der Waals surface area (Å²) in [6.07, 6.45) is -2.70. The van der Waals surface area contributed by atoms with Crippen LogP contribution >= 0.6 is 0 Å². The molecule has 5 rings (SSSR count). The first-order valence-corrected chi connectivity index (χ1v) is 12.1. The minimum Gasteiger partial charge on any atom is -0.382 e. The molecule has 0 amide bonds. The number of aryl methyl sites for hydroxylation is 2. The molecule has 0 saturated carbocycles. The van der Waals surface area contributed by atoms with Gasteiger partial charge in [0.15, 0.2) is 5.65 Å². The van der Waals surface area contributed by atoms with Crippen molar-refractivity contribution in [1.29, 1.82) is 0 Å². The number of alkyl halides is 3. The summed E-state index contributed by atoms with van der Waals surface area (Å²) in [4.78, 5) is 4.39. The summed E-state index contributed by atoms with van der Waals surface area (Å²) in [5.41, 5.74) is 8.81. The summed E-state index contributed by atoms with van der Waals surface area (Å²) in [5.74, 6) is 0.382. The molecule has 37 heavy (non-hydrogen) atoms. The largest absolute Gasteiger partial charge is 0.433 e. The molecular weight excluding hydrogens is 509 g/mol. The van der Waals surface area contributed by atoms with E-state index in [0.717, 1.165) is 21.9 Å². The van der Waals surface area contributed by atoms with E-state index < -0.39 is 22.0 Å². The second-order valence-electron chi connectivity index (χ2n) is 8.09. The van der Waals surface area contributed by atoms with Gasteiger partial charge in [0.25, 0.3) is 10.1 Å². The van der Waals surface area contributed by atoms with Crippen LogP contribution in [0.1, 0.15) is 11.3 Å². The van der Waals surface area contributed by atoms with Crippen molar-refractivity contribution < 1.29 is 26.1 Å². The van der Waals surface area contributed by atoms with Crippen LogP contribution in [0, 0.1) is 6.92 Å². The molecular formula is C24H21F3N6O3S. The van der Waals surface area contributed by atoms with E-state index in [1.165, 1.54) is 19.2 Å². The molecule has 3 heterocycles. The smallest absolute Gasteiger partial charge is 0.382 e. The molecule has 192 valence electrons. The van der Waals surface area contributed by atoms with Gasteiger partial charge in [-0.05, 0) is 37.3 Å². The molecule has 3 N–H and O–H groups in total. The molecule has 0 atom stereocenters. The van der Waals surface area contributed by atoms with E-state index in [0.29, 0.717) is 22.7 Å². The minimum absolute atomic E-state index is 0.0666. The second kappa shape index (κ2) is 9.67. The number of hydrogen-bond acceptors (Lipinski definition) is 6. The van der Waals surface area contributed by atoms with Gasteiger partial charge in [-0.15, -0.1) is 5.10 Å². The molecule has 13 heteroatoms. The maximum absolute atomic E-state index is 12.9. The Balaban J connectivity index is 0.000000245. The number of nitrogens with two attached hydrogens (primary N) is 1. The van der Waals surface area contributed by atoms with Gasteiger partial charge in [0.05, 0.1) is 22.5 Å². The number of halogens is 3. The van der Waals surface area contributed by atoms with E-state index in [-0.39, 0.29) is 10.6 Å². The Morgan fingerprint density at radius 2 is 1.49 bits per heavy atom. The zero-order valence-electron chi connectivity index (χ0n) is 19.5. The van der Waals surface area contributed by atoms with Crippen LogP contribution in [0.2, 0.25) is 0 Å². The fourth-order valence-corrected chi connectivity index (χ4v) is 3.91. The maximum Gasteiger partial charge on any atom is 0.433 e. The number of benzene rings is 2. The average molecular weight is 531 g/mol. The van der Waals surface area contributed by atoms with Crippen molar-refractivity contribution in [3.8, 4) is 22.5 Å². The first-order valence-electron chi connectivity index (χ1n) is 10.7. The standard InChI is InChI=1S/C17H13F3N6.C7H8O3S/c1-25-14(17(18,19)20)8-12(23-25)10-2-4-11(5-3-10)13-9-26-16(22-13)7-6-15(21)24-26;1-6-2-4-7(5-3-6)11(8,9)10/h2-9H,1H3,(H2,21,24);2-5H,1H3,(H,8,9,10). The Hall–Kier alpha value is -4.23. The van der Waals surface area contributed by atoms with Crippen molar-refractivity contribution in [3.05, 3.63) is 84.2 Å². The van der Waals surface area contributed by atoms with Crippen LogP contribution < -0.4 is 5.73 Å². The van der Waals surface area contributed by atoms with Crippen molar-refractivity contribution in [3.63, 3.8) is 0 Å². The Morgan fingerprint density at radius 1 is 0.892 bits per heavy atom. The van der Waals surface area contributed by atoms with Crippen LogP contribution in [0.4, 0.5) is 19.0 Å². The number of rotatable bonds is 3. The Kier molecular flexibility index (Phi) is 6.76. The lowest BCUT2D eigenvalue weighted by atomic mass is 10.1. The maximum atomic E-state index is 12.9. The predicted molar refractivity (Wildman–Crippen MR) is 131 cm³/mol. The van der Waals surface area contributed by atoms with Gasteiger partial charge in [-0.3, -0.25) is 9.23 Å². The molecule has 0 aliphatic carbocycles. The SMILES string of the molecule is Cc1ccc(S(=O)(=O)O)cc1.Cn1nc(-c2ccc(-c3cn4nc(N)ccc4n3)cc2)cc1C(F)(F)F. The van der Waals surface area contributed by atoms with Crippen LogP contribution in [0.15, 0.2) is 77.8 Å². The first-order chi connectivity index (χ1) is 17.3. The second-order valence-corrected chi connectivity index (χ2v) is 9.51. The van der Waals surface area contributed by atoms with E-state index >= 15 is 0 Å². The predicted octanol–water partition coefficient (Wildman–Crippen LogP) is 4.64. The summed E-state index contributed by atoms with van der Waals surface area (Å²) >= 11 is 0. The van der Waals surface area contributed by atoms with Gasteiger partial charge >= 0.3 is 6.18 Å². The highest BCUT2D eigenvalue weighted by Gasteiger charge is 2.35. The fraction of sp³-hybridized carbons (Fsp3) is 0.125. The Bertz CT molecular complexity index is 1660. The average Bonchev–Trinajstić information content (AvgIpc) is 3.42. The van der Waals surface area contributed by atoms with Gasteiger partial charge in [-0.1, -0.05) is 42.0 Å². The van der Waals surface area contributed by atoms with Crippen LogP contribution in [-0.2, 0) is 23.3 Å². The lowest BCUT2D eigenvalue weighted by Crippen LogP contribution is -2.11. The number of fused-ring (bicyclic) bond motifs is 1. The van der Waals surface area contributed by atoms with Crippen LogP contribution in [0.5, 0.6) is 0 Å². The van der Waals surface area contributed by atoms with Crippen molar-refractivity contribution in [1.82, 2.24) is 24.4 Å². The van der Waals surface area contributed by atoms with E-state index in [2.05, 4.69) is 15.2 Å². The highest BCUT2D eigenvalue weighted by Crippen LogP contribution is 2.32. The lowest BCUT2D eigenvalue weighted by Gasteiger charge is -2.04. The van der Waals surface area contributed by atoms with Gasteiger partial charge in [0, 0.05) is 18.2 Å². The third-order valence-corrected chi connectivity index (χ3v) is 6.17. The Labute approximate surface area is 209 Å². The van der Waals surface area contributed by atoms with Crippen molar-refractivity contribution in [2.75, 3.05) is 5.73 Å². The van der Waals surface area contributed by atoms with E-state index in [1.54, 1.807) is 59.2 Å². The third-order valence-electron chi connectivity index (χ3n) is 5.31. The number of hydrogen-bond donors (Lipinski definition) is 2. The van der Waals surface area contributed by atoms with Crippen molar-refractivity contribution in [2.24, 2.45) is 7.05 Å². The zero-order valence-corrected chi connectivity index (χ0v) is 20.4. The fourth-order valence-electron chi connectivity index (χ4n) is 3.43. The van der Waals surface area contributed by atoms with Gasteiger partial charge in [0.1, 0.15) is 11.5 Å². The van der Waals surface area contributed by atoms with Crippen LogP contribution in [0.3, 0.4) is 0 Å². The number of anilines is 1. The summed E-state index contributed by atoms with van der Waals surface area (Å²) in [5, 5.41) is 8.08. The molecule has 0 unspecified atom stereocenters. The molecule has 9 nitrogen and oxygen atoms in total. The lowest BCUT2D eigenvalue weighted by molar-refractivity contribution is -0.143. The Morgan fingerprint density at radius 3 is 2.03 bits per heavy atom. The molecule has 0 saturated heterocycles. The number of nitrogens with zero attached hydrogens (tertiary/aromatic N) is 5. The van der Waals surface area contributed by atoms with Crippen LogP contribution in [-0.4, -0.2) is 37.3 Å². The number of aromatic nitrogens is 5. The van der Waals surface area contributed by atoms with E-state index in [1.807, 2.05) is 6.92 Å². The van der Waals surface area contributed by atoms with E-state index in [9.17, 15) is 21.6 Å². The monoisotopic (exact) mass is 530 g/mol. The normalized spacial score (nSPS) is 11.8. The van der Waals surface area contributed by atoms with Gasteiger partial charge < -0.3 is 5.73 Å². The van der Waals surface area contributed by atoms with Crippen molar-refractivity contribution in [2.45, 2.75) is 18.0 Å². The molecule has 3 aromatic heterocycles. The third kappa shape index (κ3) is 5.95. The minimum atomic E-state index is -4.44.